The molecule has 1 aliphatic heterocycles. The maximum absolute atomic E-state index is 16.0. The molecular weight excluding hydrogens is 671 g/mol. The molecule has 3 aromatic heterocycles. The van der Waals surface area contributed by atoms with Gasteiger partial charge in [-0.2, -0.15) is 13.2 Å². The average Bonchev–Trinajstić information content (AvgIpc) is 3.07. The zero-order valence-electron chi connectivity index (χ0n) is 26.3. The van der Waals surface area contributed by atoms with E-state index in [1.807, 2.05) is 0 Å². The largest absolute Gasteiger partial charge is 0.480 e. The number of carboxylic acids is 1. The van der Waals surface area contributed by atoms with Gasteiger partial charge in [0.05, 0.1) is 41.4 Å². The minimum Gasteiger partial charge on any atom is -0.480 e. The number of nitrogens with one attached hydrogen (secondary N) is 1. The predicted molar refractivity (Wildman–Crippen MR) is 170 cm³/mol. The molecule has 2 atom stereocenters. The van der Waals surface area contributed by atoms with Gasteiger partial charge in [0.15, 0.2) is 0 Å². The van der Waals surface area contributed by atoms with E-state index in [1.54, 1.807) is 0 Å². The van der Waals surface area contributed by atoms with Gasteiger partial charge in [-0.25, -0.2) is 22.9 Å². The summed E-state index contributed by atoms with van der Waals surface area (Å²) in [6, 6.07) is 3.39. The molecule has 12 nitrogen and oxygen atoms in total. The van der Waals surface area contributed by atoms with E-state index in [4.69, 9.17) is 4.74 Å². The number of benzene rings is 2. The number of ether oxygens (including phenoxy) is 1. The number of pyridine rings is 2. The number of morpholine rings is 1. The Balaban J connectivity index is 1.35. The van der Waals surface area contributed by atoms with Gasteiger partial charge in [0.25, 0.3) is 11.5 Å². The van der Waals surface area contributed by atoms with Crippen molar-refractivity contribution >= 4 is 39.4 Å². The first-order valence-corrected chi connectivity index (χ1v) is 15.1. The second-order valence-electron chi connectivity index (χ2n) is 11.7. The average molecular weight is 699 g/mol. The Morgan fingerprint density at radius 2 is 1.86 bits per heavy atom. The van der Waals surface area contributed by atoms with E-state index in [-0.39, 0.29) is 51.8 Å². The van der Waals surface area contributed by atoms with Gasteiger partial charge in [-0.15, -0.1) is 0 Å². The van der Waals surface area contributed by atoms with Crippen molar-refractivity contribution in [1.82, 2.24) is 24.4 Å². The Morgan fingerprint density at radius 1 is 1.10 bits per heavy atom. The van der Waals surface area contributed by atoms with E-state index in [0.29, 0.717) is 4.57 Å². The first-order valence-electron chi connectivity index (χ1n) is 15.1. The van der Waals surface area contributed by atoms with Crippen LogP contribution in [0.15, 0.2) is 64.6 Å². The number of amides is 1. The summed E-state index contributed by atoms with van der Waals surface area (Å²) in [4.78, 5) is 61.5. The molecule has 260 valence electrons. The lowest BCUT2D eigenvalue weighted by molar-refractivity contribution is -0.167. The van der Waals surface area contributed by atoms with E-state index in [2.05, 4.69) is 15.3 Å². The normalized spacial score (nSPS) is 15.7. The molecule has 0 spiro atoms. The second kappa shape index (κ2) is 13.0. The second-order valence-corrected chi connectivity index (χ2v) is 11.7. The summed E-state index contributed by atoms with van der Waals surface area (Å²) in [5.74, 6) is -5.01. The number of aryl methyl sites for hydroxylation is 2. The smallest absolute Gasteiger partial charge is 0.411 e. The van der Waals surface area contributed by atoms with Gasteiger partial charge >= 0.3 is 17.8 Å². The van der Waals surface area contributed by atoms with Crippen LogP contribution in [0.4, 0.5) is 27.6 Å². The van der Waals surface area contributed by atoms with Crippen molar-refractivity contribution < 1.29 is 41.4 Å². The van der Waals surface area contributed by atoms with Crippen LogP contribution in [0.3, 0.4) is 0 Å². The number of carbonyl (C=O) groups is 2. The van der Waals surface area contributed by atoms with Crippen LogP contribution in [-0.2, 0) is 23.0 Å². The fourth-order valence-corrected chi connectivity index (χ4v) is 6.15. The molecule has 17 heteroatoms. The molecule has 2 aromatic carbocycles. The maximum Gasteiger partial charge on any atom is 0.411 e. The Bertz CT molecular complexity index is 2280. The van der Waals surface area contributed by atoms with Gasteiger partial charge in [-0.1, -0.05) is 6.07 Å². The lowest BCUT2D eigenvalue weighted by atomic mass is 9.98. The third kappa shape index (κ3) is 6.04. The number of hydrogen-bond acceptors (Lipinski definition) is 8. The minimum absolute atomic E-state index is 0.0231. The molecule has 0 aliphatic carbocycles. The summed E-state index contributed by atoms with van der Waals surface area (Å²) in [5.41, 5.74) is -2.91. The Morgan fingerprint density at radius 3 is 2.56 bits per heavy atom. The topological polar surface area (TPSA) is 149 Å². The van der Waals surface area contributed by atoms with Crippen molar-refractivity contribution in [3.05, 3.63) is 104 Å². The zero-order valence-corrected chi connectivity index (χ0v) is 26.3. The number of alkyl halides is 3. The first kappa shape index (κ1) is 34.2. The molecule has 5 aromatic rings. The monoisotopic (exact) mass is 698 g/mol. The van der Waals surface area contributed by atoms with E-state index in [9.17, 15) is 37.5 Å². The van der Waals surface area contributed by atoms with Gasteiger partial charge in [-0.3, -0.25) is 24.1 Å². The molecule has 1 saturated heterocycles. The number of carboxylic acid groups (broad SMARTS) is 1. The number of aliphatic carboxylic acids is 1. The summed E-state index contributed by atoms with van der Waals surface area (Å²) in [6.45, 7) is 0.416. The van der Waals surface area contributed by atoms with Crippen LogP contribution >= 0.6 is 0 Å². The lowest BCUT2D eigenvalue weighted by Crippen LogP contribution is -2.53. The van der Waals surface area contributed by atoms with Crippen molar-refractivity contribution in [2.75, 3.05) is 24.7 Å². The third-order valence-electron chi connectivity index (χ3n) is 8.57. The van der Waals surface area contributed by atoms with Crippen molar-refractivity contribution in [3.8, 4) is 5.69 Å². The standard InChI is InChI=1S/C33H27F5N6O6/c1-16-10-18(43-8-9-50-15-25(43)33(36,37)38)13-21(34)26(16)29(45)41-23(31(47)48)12-17-11-22(35)28(27-19(17)4-3-6-40-27)44-30(46)20-5-7-39-14-24(20)42(2)32(44)49/h3-7,10-11,13-14,23,25H,8-9,12,15H2,1-2H3,(H,41,45)(H,47,48)/t23-,25+/m0/s1. The zero-order chi connectivity index (χ0) is 36.1. The summed E-state index contributed by atoms with van der Waals surface area (Å²) in [5, 5.41) is 12.5. The highest BCUT2D eigenvalue weighted by atomic mass is 19.4. The molecule has 1 fully saturated rings. The van der Waals surface area contributed by atoms with Crippen molar-refractivity contribution in [3.63, 3.8) is 0 Å². The maximum atomic E-state index is 16.0. The highest BCUT2D eigenvalue weighted by molar-refractivity contribution is 5.99. The predicted octanol–water partition coefficient (Wildman–Crippen LogP) is 3.41. The number of anilines is 1. The van der Waals surface area contributed by atoms with E-state index in [0.717, 1.165) is 21.6 Å². The van der Waals surface area contributed by atoms with E-state index >= 15 is 8.78 Å². The highest BCUT2D eigenvalue weighted by Crippen LogP contribution is 2.33. The molecule has 50 heavy (non-hydrogen) atoms. The summed E-state index contributed by atoms with van der Waals surface area (Å²) < 4.78 is 79.0. The molecule has 0 saturated carbocycles. The van der Waals surface area contributed by atoms with E-state index < -0.39 is 77.3 Å². The van der Waals surface area contributed by atoms with Crippen LogP contribution in [-0.4, -0.2) is 74.1 Å². The van der Waals surface area contributed by atoms with Crippen LogP contribution < -0.4 is 21.5 Å². The molecule has 1 aliphatic rings. The number of aromatic nitrogens is 4. The number of halogens is 5. The lowest BCUT2D eigenvalue weighted by Gasteiger charge is -2.38. The fourth-order valence-electron chi connectivity index (χ4n) is 6.15. The quantitative estimate of drug-likeness (QED) is 0.244. The van der Waals surface area contributed by atoms with Crippen molar-refractivity contribution in [2.24, 2.45) is 7.05 Å². The van der Waals surface area contributed by atoms with Crippen LogP contribution in [0.2, 0.25) is 0 Å². The number of hydrogen-bond donors (Lipinski definition) is 2. The summed E-state index contributed by atoms with van der Waals surface area (Å²) in [7, 11) is 1.38. The summed E-state index contributed by atoms with van der Waals surface area (Å²) >= 11 is 0. The molecule has 4 heterocycles. The molecule has 0 bridgehead atoms. The number of rotatable bonds is 7. The van der Waals surface area contributed by atoms with Crippen LogP contribution in [0, 0.1) is 18.6 Å². The van der Waals surface area contributed by atoms with Crippen molar-refractivity contribution in [2.45, 2.75) is 31.6 Å². The molecular formula is C33H27F5N6O6. The van der Waals surface area contributed by atoms with Crippen molar-refractivity contribution in [1.29, 1.82) is 0 Å². The SMILES string of the molecule is Cc1cc(N2CCOC[C@@H]2C(F)(F)F)cc(F)c1C(=O)N[C@@H](Cc1cc(F)c(-n2c(=O)c3ccncc3n(C)c2=O)c2ncccc12)C(=O)O. The minimum atomic E-state index is -4.68. The molecule has 0 unspecified atom stereocenters. The molecule has 2 N–H and O–H groups in total. The van der Waals surface area contributed by atoms with Gasteiger partial charge in [-0.05, 0) is 48.4 Å². The molecule has 6 rings (SSSR count). The Labute approximate surface area is 278 Å². The van der Waals surface area contributed by atoms with Gasteiger partial charge in [0.2, 0.25) is 0 Å². The van der Waals surface area contributed by atoms with Crippen LogP contribution in [0.25, 0.3) is 27.5 Å². The van der Waals surface area contributed by atoms with Crippen LogP contribution in [0.1, 0.15) is 21.5 Å². The molecule has 0 radical (unpaired) electrons. The Hall–Kier alpha value is -5.71. The highest BCUT2D eigenvalue weighted by Gasteiger charge is 2.45. The Kier molecular flexibility index (Phi) is 8.86. The van der Waals surface area contributed by atoms with E-state index in [1.165, 1.54) is 56.8 Å². The van der Waals surface area contributed by atoms with Gasteiger partial charge in [0, 0.05) is 43.5 Å². The van der Waals surface area contributed by atoms with Gasteiger partial charge in [0.1, 0.15) is 29.4 Å². The number of fused-ring (bicyclic) bond motifs is 2. The fraction of sp³-hybridized carbons (Fsp3) is 0.273. The first-order chi connectivity index (χ1) is 23.7. The van der Waals surface area contributed by atoms with Gasteiger partial charge < -0.3 is 20.1 Å². The van der Waals surface area contributed by atoms with Crippen LogP contribution in [0.5, 0.6) is 0 Å². The summed E-state index contributed by atoms with van der Waals surface area (Å²) in [6.07, 6.45) is -1.28. The number of carbonyl (C=O) groups excluding carboxylic acids is 1. The molecule has 1 amide bonds. The third-order valence-corrected chi connectivity index (χ3v) is 8.57. The number of nitrogens with zero attached hydrogens (tertiary/aromatic N) is 5.